The number of nitrogens with zero attached hydrogens (tertiary/aromatic N) is 2. The molecule has 6 nitrogen and oxygen atoms in total. The van der Waals surface area contributed by atoms with E-state index in [0.717, 1.165) is 0 Å². The van der Waals surface area contributed by atoms with E-state index in [2.05, 4.69) is 0 Å². The second kappa shape index (κ2) is 8.57. The minimum Gasteiger partial charge on any atom is -0.618 e. The lowest BCUT2D eigenvalue weighted by Crippen LogP contribution is -2.42. The third kappa shape index (κ3) is 4.01. The van der Waals surface area contributed by atoms with E-state index < -0.39 is 11.7 Å². The average Bonchev–Trinajstić information content (AvgIpc) is 2.77. The molecule has 0 radical (unpaired) electrons. The SMILES string of the molecule is O=c1c(-c2ccccc2)[n+]([O-])c2ccccc2n1C[C@H](O)COc1ccc(Cl)cc1. The van der Waals surface area contributed by atoms with E-state index in [0.29, 0.717) is 32.1 Å². The quantitative estimate of drug-likeness (QED) is 0.381. The first-order chi connectivity index (χ1) is 14.5. The Balaban J connectivity index is 1.69. The summed E-state index contributed by atoms with van der Waals surface area (Å²) in [5.74, 6) is 0.561. The molecule has 1 heterocycles. The summed E-state index contributed by atoms with van der Waals surface area (Å²) in [4.78, 5) is 13.2. The molecule has 1 N–H and O–H groups in total. The Morgan fingerprint density at radius 2 is 1.67 bits per heavy atom. The third-order valence-corrected chi connectivity index (χ3v) is 4.99. The number of aromatic nitrogens is 2. The molecule has 0 unspecified atom stereocenters. The van der Waals surface area contributed by atoms with Gasteiger partial charge in [-0.05, 0) is 42.5 Å². The topological polar surface area (TPSA) is 78.4 Å². The van der Waals surface area contributed by atoms with Crippen molar-refractivity contribution in [2.45, 2.75) is 12.6 Å². The van der Waals surface area contributed by atoms with Crippen LogP contribution < -0.4 is 15.0 Å². The predicted octanol–water partition coefficient (Wildman–Crippen LogP) is 3.40. The molecule has 0 amide bonds. The molecular formula is C23H19ClN2O4. The van der Waals surface area contributed by atoms with Crippen LogP contribution in [0.1, 0.15) is 0 Å². The van der Waals surface area contributed by atoms with Crippen molar-refractivity contribution in [1.82, 2.24) is 4.57 Å². The van der Waals surface area contributed by atoms with Crippen molar-refractivity contribution in [1.29, 1.82) is 0 Å². The Labute approximate surface area is 177 Å². The summed E-state index contributed by atoms with van der Waals surface area (Å²) in [5, 5.41) is 24.1. The highest BCUT2D eigenvalue weighted by Crippen LogP contribution is 2.18. The Morgan fingerprint density at radius 1 is 1.00 bits per heavy atom. The maximum Gasteiger partial charge on any atom is 0.325 e. The number of ether oxygens (including phenoxy) is 1. The van der Waals surface area contributed by atoms with Crippen LogP contribution in [0.4, 0.5) is 0 Å². The molecule has 7 heteroatoms. The number of rotatable bonds is 6. The molecule has 4 rings (SSSR count). The number of hydrogen-bond acceptors (Lipinski definition) is 4. The maximum absolute atomic E-state index is 13.2. The van der Waals surface area contributed by atoms with Crippen molar-refractivity contribution in [3.63, 3.8) is 0 Å². The van der Waals surface area contributed by atoms with Crippen LogP contribution in [-0.2, 0) is 6.54 Å². The molecule has 1 atom stereocenters. The summed E-state index contributed by atoms with van der Waals surface area (Å²) < 4.78 is 7.67. The predicted molar refractivity (Wildman–Crippen MR) is 116 cm³/mol. The van der Waals surface area contributed by atoms with Gasteiger partial charge in [0.1, 0.15) is 24.0 Å². The number of hydrogen-bond donors (Lipinski definition) is 1. The third-order valence-electron chi connectivity index (χ3n) is 4.74. The Morgan fingerprint density at radius 3 is 2.40 bits per heavy atom. The van der Waals surface area contributed by atoms with Crippen LogP contribution in [0.3, 0.4) is 0 Å². The van der Waals surface area contributed by atoms with Gasteiger partial charge < -0.3 is 15.1 Å². The van der Waals surface area contributed by atoms with E-state index in [-0.39, 0.29) is 18.8 Å². The minimum atomic E-state index is -0.965. The lowest BCUT2D eigenvalue weighted by molar-refractivity contribution is -0.566. The van der Waals surface area contributed by atoms with Crippen molar-refractivity contribution in [3.8, 4) is 17.0 Å². The number of aliphatic hydroxyl groups excluding tert-OH is 1. The second-order valence-corrected chi connectivity index (χ2v) is 7.27. The molecule has 0 aliphatic heterocycles. The van der Waals surface area contributed by atoms with Gasteiger partial charge >= 0.3 is 5.56 Å². The molecule has 0 aliphatic rings. The van der Waals surface area contributed by atoms with Crippen molar-refractivity contribution in [3.05, 3.63) is 99.4 Å². The van der Waals surface area contributed by atoms with E-state index in [1.165, 1.54) is 4.57 Å². The largest absolute Gasteiger partial charge is 0.618 e. The first kappa shape index (κ1) is 19.9. The zero-order valence-electron chi connectivity index (χ0n) is 15.9. The lowest BCUT2D eigenvalue weighted by Gasteiger charge is -2.17. The maximum atomic E-state index is 13.2. The molecule has 0 aliphatic carbocycles. The van der Waals surface area contributed by atoms with Crippen molar-refractivity contribution < 1.29 is 14.6 Å². The van der Waals surface area contributed by atoms with Gasteiger partial charge in [-0.1, -0.05) is 41.9 Å². The minimum absolute atomic E-state index is 0.0140. The first-order valence-corrected chi connectivity index (χ1v) is 9.79. The molecule has 0 saturated carbocycles. The van der Waals surface area contributed by atoms with E-state index in [1.807, 2.05) is 6.07 Å². The van der Waals surface area contributed by atoms with Crippen LogP contribution in [0.2, 0.25) is 5.02 Å². The molecule has 0 bridgehead atoms. The molecule has 0 saturated heterocycles. The van der Waals surface area contributed by atoms with Gasteiger partial charge in [-0.2, -0.15) is 4.73 Å². The lowest BCUT2D eigenvalue weighted by atomic mass is 10.1. The Hall–Kier alpha value is -3.35. The number of benzene rings is 3. The fraction of sp³-hybridized carbons (Fsp3) is 0.130. The Bertz CT molecular complexity index is 1220. The van der Waals surface area contributed by atoms with Crippen LogP contribution in [0.5, 0.6) is 5.75 Å². The van der Waals surface area contributed by atoms with Crippen molar-refractivity contribution in [2.24, 2.45) is 0 Å². The molecule has 30 heavy (non-hydrogen) atoms. The summed E-state index contributed by atoms with van der Waals surface area (Å²) in [7, 11) is 0. The van der Waals surface area contributed by atoms with Crippen LogP contribution in [0.15, 0.2) is 83.7 Å². The van der Waals surface area contributed by atoms with Crippen molar-refractivity contribution in [2.75, 3.05) is 6.61 Å². The fourth-order valence-corrected chi connectivity index (χ4v) is 3.44. The summed E-state index contributed by atoms with van der Waals surface area (Å²) >= 11 is 5.86. The van der Waals surface area contributed by atoms with E-state index >= 15 is 0 Å². The fourth-order valence-electron chi connectivity index (χ4n) is 3.31. The summed E-state index contributed by atoms with van der Waals surface area (Å²) in [6.07, 6.45) is -0.965. The van der Waals surface area contributed by atoms with Gasteiger partial charge in [-0.15, -0.1) is 0 Å². The molecule has 0 fully saturated rings. The highest BCUT2D eigenvalue weighted by molar-refractivity contribution is 6.30. The second-order valence-electron chi connectivity index (χ2n) is 6.83. The normalized spacial score (nSPS) is 12.1. The van der Waals surface area contributed by atoms with Crippen molar-refractivity contribution >= 4 is 22.6 Å². The van der Waals surface area contributed by atoms with Gasteiger partial charge in [0.25, 0.3) is 5.69 Å². The average molecular weight is 423 g/mol. The summed E-state index contributed by atoms with van der Waals surface area (Å²) in [5.41, 5.74) is 0.856. The number of para-hydroxylation sites is 2. The van der Waals surface area contributed by atoms with Gasteiger partial charge in [-0.25, -0.2) is 0 Å². The smallest absolute Gasteiger partial charge is 0.325 e. The van der Waals surface area contributed by atoms with Gasteiger partial charge in [0, 0.05) is 11.1 Å². The number of aliphatic hydroxyl groups is 1. The van der Waals surface area contributed by atoms with Gasteiger partial charge in [0.2, 0.25) is 5.52 Å². The molecule has 152 valence electrons. The van der Waals surface area contributed by atoms with E-state index in [4.69, 9.17) is 16.3 Å². The highest BCUT2D eigenvalue weighted by Gasteiger charge is 2.23. The number of fused-ring (bicyclic) bond motifs is 1. The van der Waals surface area contributed by atoms with Gasteiger partial charge in [-0.3, -0.25) is 9.36 Å². The van der Waals surface area contributed by atoms with Gasteiger partial charge in [0.15, 0.2) is 0 Å². The van der Waals surface area contributed by atoms with E-state index in [1.54, 1.807) is 72.8 Å². The zero-order chi connectivity index (χ0) is 21.1. The number of halogens is 1. The van der Waals surface area contributed by atoms with Crippen LogP contribution >= 0.6 is 11.6 Å². The van der Waals surface area contributed by atoms with Crippen LogP contribution in [0.25, 0.3) is 22.3 Å². The molecular weight excluding hydrogens is 404 g/mol. The molecule has 0 spiro atoms. The molecule has 4 aromatic rings. The van der Waals surface area contributed by atoms with Crippen LogP contribution in [0, 0.1) is 5.21 Å². The van der Waals surface area contributed by atoms with Gasteiger partial charge in [0.05, 0.1) is 12.1 Å². The first-order valence-electron chi connectivity index (χ1n) is 9.41. The molecule has 3 aromatic carbocycles. The highest BCUT2D eigenvalue weighted by atomic mass is 35.5. The monoisotopic (exact) mass is 422 g/mol. The Kier molecular flexibility index (Phi) is 5.70. The summed E-state index contributed by atoms with van der Waals surface area (Å²) in [6.45, 7) is -0.0387. The van der Waals surface area contributed by atoms with Crippen LogP contribution in [-0.4, -0.2) is 22.4 Å². The standard InChI is InChI=1S/C23H19ClN2O4/c24-17-10-12-19(13-11-17)30-15-18(27)14-25-20-8-4-5-9-21(20)26(29)22(23(25)28)16-6-2-1-3-7-16/h1-13,18,27H,14-15H2/t18-/m0/s1. The molecule has 1 aromatic heterocycles. The zero-order valence-corrected chi connectivity index (χ0v) is 16.7. The summed E-state index contributed by atoms with van der Waals surface area (Å²) in [6, 6.07) is 22.4. The van der Waals surface area contributed by atoms with E-state index in [9.17, 15) is 15.1 Å².